The van der Waals surface area contributed by atoms with Crippen molar-refractivity contribution in [3.63, 3.8) is 0 Å². The van der Waals surface area contributed by atoms with Crippen molar-refractivity contribution in [2.75, 3.05) is 6.54 Å². The summed E-state index contributed by atoms with van der Waals surface area (Å²) in [6.45, 7) is 8.56. The Labute approximate surface area is 120 Å². The topological polar surface area (TPSA) is 40.7 Å². The maximum absolute atomic E-state index is 4.35. The minimum absolute atomic E-state index is 0.274. The number of aryl methyl sites for hydroxylation is 1. The molecule has 1 saturated carbocycles. The van der Waals surface area contributed by atoms with Crippen LogP contribution in [0.5, 0.6) is 0 Å². The first-order chi connectivity index (χ1) is 9.53. The van der Waals surface area contributed by atoms with Crippen molar-refractivity contribution in [1.82, 2.24) is 15.3 Å². The molecular formula is C17H23N3. The first-order valence-corrected chi connectivity index (χ1v) is 7.30. The molecule has 1 aliphatic rings. The third-order valence-corrected chi connectivity index (χ3v) is 4.72. The summed E-state index contributed by atoms with van der Waals surface area (Å²) < 4.78 is 0. The lowest BCUT2D eigenvalue weighted by Crippen LogP contribution is -2.30. The largest absolute Gasteiger partial charge is 0.345 e. The van der Waals surface area contributed by atoms with E-state index in [2.05, 4.69) is 59.5 Å². The summed E-state index contributed by atoms with van der Waals surface area (Å²) in [6, 6.07) is 10.9. The maximum atomic E-state index is 4.35. The molecule has 3 rings (SSSR count). The Kier molecular flexibility index (Phi) is 3.17. The molecule has 0 radical (unpaired) electrons. The van der Waals surface area contributed by atoms with Crippen LogP contribution in [0.25, 0.3) is 0 Å². The Bertz CT molecular complexity index is 585. The molecule has 2 N–H and O–H groups in total. The second-order valence-corrected chi connectivity index (χ2v) is 6.63. The normalized spacial score (nSPS) is 23.8. The Balaban J connectivity index is 1.68. The minimum atomic E-state index is 0.274. The fourth-order valence-electron chi connectivity index (χ4n) is 3.32. The molecule has 0 saturated heterocycles. The number of H-pyrrole nitrogens is 1. The first kappa shape index (κ1) is 13.4. The van der Waals surface area contributed by atoms with Gasteiger partial charge in [0.2, 0.25) is 0 Å². The standard InChI is InChI=1S/C17H23N3/c1-13-9-19-15(20-13)10-18-12-17(11-16(17,2)3)14-7-5-4-6-8-14/h4-9,18H,10-12H2,1-3H3,(H,19,20). The highest BCUT2D eigenvalue weighted by molar-refractivity contribution is 5.37. The van der Waals surface area contributed by atoms with Gasteiger partial charge in [0.25, 0.3) is 0 Å². The van der Waals surface area contributed by atoms with E-state index in [1.165, 1.54) is 12.0 Å². The smallest absolute Gasteiger partial charge is 0.120 e. The van der Waals surface area contributed by atoms with Gasteiger partial charge < -0.3 is 10.3 Å². The molecule has 1 fully saturated rings. The Hall–Kier alpha value is -1.61. The van der Waals surface area contributed by atoms with E-state index in [0.717, 1.165) is 24.6 Å². The highest BCUT2D eigenvalue weighted by Crippen LogP contribution is 2.63. The van der Waals surface area contributed by atoms with E-state index in [9.17, 15) is 0 Å². The number of hydrogen-bond acceptors (Lipinski definition) is 2. The summed E-state index contributed by atoms with van der Waals surface area (Å²) in [5, 5.41) is 3.58. The molecule has 20 heavy (non-hydrogen) atoms. The number of nitrogens with zero attached hydrogens (tertiary/aromatic N) is 1. The Morgan fingerprint density at radius 2 is 1.95 bits per heavy atom. The van der Waals surface area contributed by atoms with Gasteiger partial charge in [-0.15, -0.1) is 0 Å². The van der Waals surface area contributed by atoms with E-state index in [0.29, 0.717) is 5.41 Å². The molecule has 0 spiro atoms. The van der Waals surface area contributed by atoms with Gasteiger partial charge in [0.1, 0.15) is 5.82 Å². The number of imidazole rings is 1. The highest BCUT2D eigenvalue weighted by atomic mass is 15.0. The molecule has 0 aliphatic heterocycles. The number of aromatic amines is 1. The lowest BCUT2D eigenvalue weighted by atomic mass is 9.88. The zero-order valence-corrected chi connectivity index (χ0v) is 12.5. The zero-order chi connectivity index (χ0) is 14.2. The highest BCUT2D eigenvalue weighted by Gasteiger charge is 2.61. The zero-order valence-electron chi connectivity index (χ0n) is 12.5. The molecular weight excluding hydrogens is 246 g/mol. The molecule has 1 atom stereocenters. The van der Waals surface area contributed by atoms with Crippen LogP contribution in [0, 0.1) is 12.3 Å². The summed E-state index contributed by atoms with van der Waals surface area (Å²) >= 11 is 0. The molecule has 1 aromatic heterocycles. The van der Waals surface area contributed by atoms with Crippen molar-refractivity contribution in [1.29, 1.82) is 0 Å². The summed E-state index contributed by atoms with van der Waals surface area (Å²) in [5.74, 6) is 1.02. The molecule has 106 valence electrons. The number of rotatable bonds is 5. The van der Waals surface area contributed by atoms with Crippen LogP contribution in [0.1, 0.15) is 37.4 Å². The molecule has 0 amide bonds. The van der Waals surface area contributed by atoms with Crippen LogP contribution in [0.4, 0.5) is 0 Å². The van der Waals surface area contributed by atoms with Gasteiger partial charge in [0, 0.05) is 23.9 Å². The average Bonchev–Trinajstić information content (AvgIpc) is 2.77. The van der Waals surface area contributed by atoms with Gasteiger partial charge >= 0.3 is 0 Å². The molecule has 1 unspecified atom stereocenters. The van der Waals surface area contributed by atoms with E-state index in [1.807, 2.05) is 13.1 Å². The van der Waals surface area contributed by atoms with Crippen LogP contribution in [0.2, 0.25) is 0 Å². The predicted molar refractivity (Wildman–Crippen MR) is 81.5 cm³/mol. The Morgan fingerprint density at radius 1 is 1.25 bits per heavy atom. The van der Waals surface area contributed by atoms with E-state index in [1.54, 1.807) is 0 Å². The van der Waals surface area contributed by atoms with Crippen LogP contribution < -0.4 is 5.32 Å². The SMILES string of the molecule is Cc1cnc(CNCC2(c3ccccc3)CC2(C)C)[nH]1. The summed E-state index contributed by atoms with van der Waals surface area (Å²) in [4.78, 5) is 7.62. The van der Waals surface area contributed by atoms with Gasteiger partial charge in [0.05, 0.1) is 6.54 Å². The van der Waals surface area contributed by atoms with Crippen LogP contribution in [-0.4, -0.2) is 16.5 Å². The van der Waals surface area contributed by atoms with E-state index in [-0.39, 0.29) is 5.41 Å². The fourth-order valence-corrected chi connectivity index (χ4v) is 3.32. The molecule has 0 bridgehead atoms. The minimum Gasteiger partial charge on any atom is -0.345 e. The van der Waals surface area contributed by atoms with Gasteiger partial charge in [-0.25, -0.2) is 4.98 Å². The van der Waals surface area contributed by atoms with Crippen molar-refractivity contribution in [2.24, 2.45) is 5.41 Å². The number of aromatic nitrogens is 2. The van der Waals surface area contributed by atoms with Crippen LogP contribution >= 0.6 is 0 Å². The van der Waals surface area contributed by atoms with Crippen molar-refractivity contribution in [3.8, 4) is 0 Å². The summed E-state index contributed by atoms with van der Waals surface area (Å²) in [7, 11) is 0. The van der Waals surface area contributed by atoms with Crippen LogP contribution in [0.3, 0.4) is 0 Å². The maximum Gasteiger partial charge on any atom is 0.120 e. The van der Waals surface area contributed by atoms with E-state index >= 15 is 0 Å². The van der Waals surface area contributed by atoms with Crippen molar-refractivity contribution >= 4 is 0 Å². The average molecular weight is 269 g/mol. The number of hydrogen-bond donors (Lipinski definition) is 2. The number of benzene rings is 1. The van der Waals surface area contributed by atoms with Gasteiger partial charge in [-0.3, -0.25) is 0 Å². The second kappa shape index (κ2) is 4.74. The quantitative estimate of drug-likeness (QED) is 0.875. The summed E-state index contributed by atoms with van der Waals surface area (Å²) in [5.41, 5.74) is 3.22. The van der Waals surface area contributed by atoms with Crippen molar-refractivity contribution < 1.29 is 0 Å². The van der Waals surface area contributed by atoms with Gasteiger partial charge in [-0.2, -0.15) is 0 Å². The van der Waals surface area contributed by atoms with Crippen LogP contribution in [-0.2, 0) is 12.0 Å². The van der Waals surface area contributed by atoms with E-state index in [4.69, 9.17) is 0 Å². The van der Waals surface area contributed by atoms with Crippen LogP contribution in [0.15, 0.2) is 36.5 Å². The molecule has 1 aromatic carbocycles. The van der Waals surface area contributed by atoms with Crippen molar-refractivity contribution in [2.45, 2.75) is 39.2 Å². The predicted octanol–water partition coefficient (Wildman–Crippen LogP) is 3.18. The molecule has 1 heterocycles. The van der Waals surface area contributed by atoms with Crippen molar-refractivity contribution in [3.05, 3.63) is 53.6 Å². The van der Waals surface area contributed by atoms with E-state index < -0.39 is 0 Å². The third kappa shape index (κ3) is 2.27. The molecule has 3 nitrogen and oxygen atoms in total. The van der Waals surface area contributed by atoms with Gasteiger partial charge in [0.15, 0.2) is 0 Å². The number of nitrogens with one attached hydrogen (secondary N) is 2. The fraction of sp³-hybridized carbons (Fsp3) is 0.471. The van der Waals surface area contributed by atoms with Gasteiger partial charge in [-0.1, -0.05) is 44.2 Å². The molecule has 1 aliphatic carbocycles. The summed E-state index contributed by atoms with van der Waals surface area (Å²) in [6.07, 6.45) is 3.12. The lowest BCUT2D eigenvalue weighted by Gasteiger charge is -2.21. The monoisotopic (exact) mass is 269 g/mol. The lowest BCUT2D eigenvalue weighted by molar-refractivity contribution is 0.457. The van der Waals surface area contributed by atoms with Gasteiger partial charge in [-0.05, 0) is 24.3 Å². The molecule has 3 heteroatoms. The first-order valence-electron chi connectivity index (χ1n) is 7.30. The Morgan fingerprint density at radius 3 is 2.50 bits per heavy atom. The second-order valence-electron chi connectivity index (χ2n) is 6.63. The molecule has 2 aromatic rings. The third-order valence-electron chi connectivity index (χ3n) is 4.72.